The van der Waals surface area contributed by atoms with Gasteiger partial charge in [-0.15, -0.1) is 0 Å². The zero-order chi connectivity index (χ0) is 27.1. The average molecular weight is 545 g/mol. The molecule has 0 bridgehead atoms. The van der Waals surface area contributed by atoms with Gasteiger partial charge in [0.15, 0.2) is 23.0 Å². The first-order valence-electron chi connectivity index (χ1n) is 11.6. The molecular formula is C25H21F6NO6. The molecule has 0 aromatic heterocycles. The maximum atomic E-state index is 12.7. The third-order valence-electron chi connectivity index (χ3n) is 6.33. The number of nitrogens with zero attached hydrogens (tertiary/aromatic N) is 1. The van der Waals surface area contributed by atoms with Crippen molar-refractivity contribution in [3.8, 4) is 23.0 Å². The fourth-order valence-electron chi connectivity index (χ4n) is 4.58. The quantitative estimate of drug-likeness (QED) is 0.384. The summed E-state index contributed by atoms with van der Waals surface area (Å²) in [5, 5.41) is 0. The number of benzene rings is 2. The molecule has 0 amide bonds. The molecule has 38 heavy (non-hydrogen) atoms. The molecule has 1 saturated heterocycles. The minimum atomic E-state index is -5.75. The Labute approximate surface area is 212 Å². The molecule has 2 aromatic rings. The fourth-order valence-corrected chi connectivity index (χ4v) is 4.58. The van der Waals surface area contributed by atoms with Crippen molar-refractivity contribution in [3.05, 3.63) is 53.1 Å². The van der Waals surface area contributed by atoms with Crippen molar-refractivity contribution >= 4 is 11.5 Å². The minimum Gasteiger partial charge on any atom is -0.454 e. The van der Waals surface area contributed by atoms with Crippen LogP contribution in [0.2, 0.25) is 0 Å². The summed E-state index contributed by atoms with van der Waals surface area (Å²) < 4.78 is 102. The molecule has 0 radical (unpaired) electrons. The molecular weight excluding hydrogens is 524 g/mol. The van der Waals surface area contributed by atoms with Gasteiger partial charge in [0.1, 0.15) is 0 Å². The topological polar surface area (TPSA) is 66.5 Å². The van der Waals surface area contributed by atoms with E-state index in [1.54, 1.807) is 12.1 Å². The lowest BCUT2D eigenvalue weighted by atomic mass is 9.88. The van der Waals surface area contributed by atoms with E-state index in [1.807, 2.05) is 24.3 Å². The van der Waals surface area contributed by atoms with Gasteiger partial charge < -0.3 is 23.7 Å². The Kier molecular flexibility index (Phi) is 6.80. The van der Waals surface area contributed by atoms with E-state index in [9.17, 15) is 31.1 Å². The molecule has 7 nitrogen and oxygen atoms in total. The summed E-state index contributed by atoms with van der Waals surface area (Å²) in [7, 11) is 0. The van der Waals surface area contributed by atoms with E-state index in [1.165, 1.54) is 4.90 Å². The number of ether oxygens (including phenoxy) is 5. The molecule has 0 N–H and O–H groups in total. The van der Waals surface area contributed by atoms with Gasteiger partial charge in [-0.05, 0) is 53.8 Å². The van der Waals surface area contributed by atoms with Gasteiger partial charge in [0.2, 0.25) is 13.6 Å². The molecule has 5 rings (SSSR count). The molecule has 2 aromatic carbocycles. The molecule has 13 heteroatoms. The smallest absolute Gasteiger partial charge is 0.434 e. The monoisotopic (exact) mass is 545 g/mol. The second kappa shape index (κ2) is 9.93. The van der Waals surface area contributed by atoms with Crippen LogP contribution in [0.5, 0.6) is 23.0 Å². The van der Waals surface area contributed by atoms with Gasteiger partial charge in [-0.25, -0.2) is 0 Å². The van der Waals surface area contributed by atoms with Crippen molar-refractivity contribution in [1.29, 1.82) is 0 Å². The number of esters is 1. The molecule has 3 aliphatic heterocycles. The number of hydrogen-bond acceptors (Lipinski definition) is 7. The van der Waals surface area contributed by atoms with Crippen molar-refractivity contribution in [2.24, 2.45) is 0 Å². The predicted octanol–water partition coefficient (Wildman–Crippen LogP) is 5.08. The molecule has 204 valence electrons. The van der Waals surface area contributed by atoms with Crippen LogP contribution in [0.3, 0.4) is 0 Å². The highest BCUT2D eigenvalue weighted by molar-refractivity contribution is 5.84. The standard InChI is InChI=1S/C25H21F6NO6/c26-24(27,28)23(25(29,30)31)38-21(33)11-32-7-5-14(6-8-32)22(15-1-3-17-19(9-15)36-12-34-17)16-2-4-18-20(10-16)37-13-35-18/h1-4,9-10,23H,5-8,11-13H2. The SMILES string of the molecule is O=C(CN1CCC(=C(c2ccc3c(c2)OCO3)c2ccc3c(c2)OCO3)CC1)OC(C(F)(F)F)C(F)(F)F. The van der Waals surface area contributed by atoms with E-state index >= 15 is 0 Å². The van der Waals surface area contributed by atoms with Crippen LogP contribution in [0.25, 0.3) is 5.57 Å². The first kappa shape index (κ1) is 26.0. The summed E-state index contributed by atoms with van der Waals surface area (Å²) in [6.07, 6.45) is -14.8. The van der Waals surface area contributed by atoms with Crippen molar-refractivity contribution in [3.63, 3.8) is 0 Å². The molecule has 0 aliphatic carbocycles. The fraction of sp³-hybridized carbons (Fsp3) is 0.400. The van der Waals surface area contributed by atoms with Crippen LogP contribution in [0.15, 0.2) is 42.0 Å². The summed E-state index contributed by atoms with van der Waals surface area (Å²) in [4.78, 5) is 13.4. The second-order valence-electron chi connectivity index (χ2n) is 8.84. The number of carbonyl (C=O) groups excluding carboxylic acids is 1. The Morgan fingerprint density at radius 1 is 0.789 bits per heavy atom. The van der Waals surface area contributed by atoms with E-state index < -0.39 is 31.0 Å². The maximum absolute atomic E-state index is 12.7. The number of halogens is 6. The lowest BCUT2D eigenvalue weighted by molar-refractivity contribution is -0.313. The number of piperidine rings is 1. The first-order valence-corrected chi connectivity index (χ1v) is 11.6. The van der Waals surface area contributed by atoms with Gasteiger partial charge in [0.25, 0.3) is 6.10 Å². The number of likely N-dealkylation sites (tertiary alicyclic amines) is 1. The van der Waals surface area contributed by atoms with Crippen LogP contribution in [-0.4, -0.2) is 62.5 Å². The Hall–Kier alpha value is -3.61. The van der Waals surface area contributed by atoms with Crippen LogP contribution < -0.4 is 18.9 Å². The average Bonchev–Trinajstić information content (AvgIpc) is 3.51. The van der Waals surface area contributed by atoms with Gasteiger partial charge in [-0.3, -0.25) is 9.69 Å². The maximum Gasteiger partial charge on any atom is 0.434 e. The van der Waals surface area contributed by atoms with E-state index in [0.717, 1.165) is 22.3 Å². The molecule has 0 atom stereocenters. The van der Waals surface area contributed by atoms with E-state index in [0.29, 0.717) is 35.8 Å². The van der Waals surface area contributed by atoms with Gasteiger partial charge >= 0.3 is 18.3 Å². The van der Waals surface area contributed by atoms with Gasteiger partial charge in [0.05, 0.1) is 6.54 Å². The van der Waals surface area contributed by atoms with Gasteiger partial charge in [-0.2, -0.15) is 26.3 Å². The number of rotatable bonds is 5. The van der Waals surface area contributed by atoms with Crippen LogP contribution in [0.1, 0.15) is 24.0 Å². The van der Waals surface area contributed by atoms with Gasteiger partial charge in [-0.1, -0.05) is 17.7 Å². The minimum absolute atomic E-state index is 0.101. The van der Waals surface area contributed by atoms with E-state index in [-0.39, 0.29) is 26.7 Å². The first-order chi connectivity index (χ1) is 18.0. The normalized spacial score (nSPS) is 17.2. The van der Waals surface area contributed by atoms with Gasteiger partial charge in [0, 0.05) is 13.1 Å². The third kappa shape index (κ3) is 5.47. The molecule has 3 aliphatic rings. The summed E-state index contributed by atoms with van der Waals surface area (Å²) in [6.45, 7) is -0.0383. The number of alkyl halides is 6. The highest BCUT2D eigenvalue weighted by Gasteiger charge is 2.59. The Bertz CT molecular complexity index is 1170. The zero-order valence-corrected chi connectivity index (χ0v) is 19.7. The van der Waals surface area contributed by atoms with Crippen molar-refractivity contribution < 1.29 is 54.8 Å². The highest BCUT2D eigenvalue weighted by atomic mass is 19.4. The highest BCUT2D eigenvalue weighted by Crippen LogP contribution is 2.42. The van der Waals surface area contributed by atoms with Crippen LogP contribution >= 0.6 is 0 Å². The lowest BCUT2D eigenvalue weighted by Gasteiger charge is -2.30. The number of carbonyl (C=O) groups is 1. The molecule has 0 spiro atoms. The summed E-state index contributed by atoms with van der Waals surface area (Å²) >= 11 is 0. The van der Waals surface area contributed by atoms with Crippen molar-refractivity contribution in [1.82, 2.24) is 4.90 Å². The third-order valence-corrected chi connectivity index (χ3v) is 6.33. The van der Waals surface area contributed by atoms with Crippen LogP contribution in [0.4, 0.5) is 26.3 Å². The summed E-state index contributed by atoms with van der Waals surface area (Å²) in [5.74, 6) is 0.765. The Balaban J connectivity index is 1.35. The molecule has 1 fully saturated rings. The molecule has 3 heterocycles. The Morgan fingerprint density at radius 2 is 1.26 bits per heavy atom. The Morgan fingerprint density at radius 3 is 1.74 bits per heavy atom. The molecule has 0 saturated carbocycles. The number of fused-ring (bicyclic) bond motifs is 2. The summed E-state index contributed by atoms with van der Waals surface area (Å²) in [6, 6.07) is 11.0. The zero-order valence-electron chi connectivity index (χ0n) is 19.7. The van der Waals surface area contributed by atoms with E-state index in [2.05, 4.69) is 4.74 Å². The molecule has 0 unspecified atom stereocenters. The number of hydrogen-bond donors (Lipinski definition) is 0. The van der Waals surface area contributed by atoms with E-state index in [4.69, 9.17) is 18.9 Å². The summed E-state index contributed by atoms with van der Waals surface area (Å²) in [5.41, 5.74) is 3.51. The van der Waals surface area contributed by atoms with Crippen LogP contribution in [0, 0.1) is 0 Å². The van der Waals surface area contributed by atoms with Crippen LogP contribution in [-0.2, 0) is 9.53 Å². The van der Waals surface area contributed by atoms with Crippen molar-refractivity contribution in [2.45, 2.75) is 31.3 Å². The predicted molar refractivity (Wildman–Crippen MR) is 119 cm³/mol. The second-order valence-corrected chi connectivity index (χ2v) is 8.84. The largest absolute Gasteiger partial charge is 0.454 e. The lowest BCUT2D eigenvalue weighted by Crippen LogP contribution is -2.47. The van der Waals surface area contributed by atoms with Crippen molar-refractivity contribution in [2.75, 3.05) is 33.2 Å².